The van der Waals surface area contributed by atoms with Crippen LogP contribution in [0.25, 0.3) is 22.4 Å². The Balaban J connectivity index is 1.49. The van der Waals surface area contributed by atoms with Crippen molar-refractivity contribution in [2.75, 3.05) is 0 Å². The third-order valence-electron chi connectivity index (χ3n) is 7.84. The van der Waals surface area contributed by atoms with Crippen LogP contribution in [-0.2, 0) is 4.79 Å². The molecule has 4 nitrogen and oxygen atoms in total. The van der Waals surface area contributed by atoms with Gasteiger partial charge in [0.1, 0.15) is 5.60 Å². The maximum absolute atomic E-state index is 13.0. The number of halogens is 2. The van der Waals surface area contributed by atoms with Gasteiger partial charge in [0.05, 0.1) is 11.7 Å². The normalized spacial score (nSPS) is 20.4. The fourth-order valence-electron chi connectivity index (χ4n) is 5.75. The summed E-state index contributed by atoms with van der Waals surface area (Å²) in [5.41, 5.74) is 4.23. The lowest BCUT2D eigenvalue weighted by atomic mass is 9.77. The van der Waals surface area contributed by atoms with Crippen LogP contribution in [0.1, 0.15) is 69.4 Å². The molecule has 1 spiro atoms. The van der Waals surface area contributed by atoms with Crippen LogP contribution in [0.15, 0.2) is 54.6 Å². The number of nitrogens with zero attached hydrogens (tertiary/aromatic N) is 1. The highest BCUT2D eigenvalue weighted by Gasteiger charge is 2.44. The fraction of sp³-hybridized carbons (Fsp3) is 0.400. The van der Waals surface area contributed by atoms with Gasteiger partial charge in [0, 0.05) is 39.6 Å². The van der Waals surface area contributed by atoms with E-state index >= 15 is 0 Å². The SMILES string of the molecule is O=C(CC1CC1)NC1CC2(CCCCC2)Oc2nc(-c3ccccc3Cl)c(-c3ccc(Cl)cc3)cc21. The van der Waals surface area contributed by atoms with E-state index < -0.39 is 0 Å². The molecule has 3 aliphatic rings. The molecule has 1 aromatic heterocycles. The summed E-state index contributed by atoms with van der Waals surface area (Å²) in [6.45, 7) is 0. The van der Waals surface area contributed by atoms with E-state index in [0.29, 0.717) is 28.3 Å². The van der Waals surface area contributed by atoms with Gasteiger partial charge < -0.3 is 10.1 Å². The summed E-state index contributed by atoms with van der Waals surface area (Å²) >= 11 is 12.9. The summed E-state index contributed by atoms with van der Waals surface area (Å²) in [6.07, 6.45) is 9.18. The van der Waals surface area contributed by atoms with Crippen LogP contribution in [-0.4, -0.2) is 16.5 Å². The first-order valence-corrected chi connectivity index (χ1v) is 13.8. The maximum Gasteiger partial charge on any atom is 0.220 e. The van der Waals surface area contributed by atoms with E-state index in [4.69, 9.17) is 32.9 Å². The summed E-state index contributed by atoms with van der Waals surface area (Å²) in [5, 5.41) is 4.68. The molecule has 6 heteroatoms. The highest BCUT2D eigenvalue weighted by atomic mass is 35.5. The number of rotatable bonds is 5. The van der Waals surface area contributed by atoms with E-state index in [2.05, 4.69) is 11.4 Å². The smallest absolute Gasteiger partial charge is 0.220 e. The molecule has 186 valence electrons. The molecule has 1 N–H and O–H groups in total. The Bertz CT molecular complexity index is 1280. The molecular formula is C30H30Cl2N2O2. The van der Waals surface area contributed by atoms with Crippen molar-refractivity contribution in [1.82, 2.24) is 10.3 Å². The Morgan fingerprint density at radius 3 is 2.47 bits per heavy atom. The second-order valence-corrected chi connectivity index (χ2v) is 11.4. The Hall–Kier alpha value is -2.56. The Kier molecular flexibility index (Phi) is 6.43. The molecule has 1 amide bonds. The topological polar surface area (TPSA) is 51.2 Å². The Morgan fingerprint density at radius 1 is 1.00 bits per heavy atom. The highest BCUT2D eigenvalue weighted by molar-refractivity contribution is 6.33. The molecule has 2 aromatic carbocycles. The van der Waals surface area contributed by atoms with Crippen LogP contribution >= 0.6 is 23.2 Å². The molecule has 36 heavy (non-hydrogen) atoms. The minimum absolute atomic E-state index is 0.128. The molecule has 2 fully saturated rings. The summed E-state index contributed by atoms with van der Waals surface area (Å²) in [4.78, 5) is 18.1. The molecular weight excluding hydrogens is 491 g/mol. The van der Waals surface area contributed by atoms with Gasteiger partial charge in [-0.2, -0.15) is 0 Å². The molecule has 2 saturated carbocycles. The summed E-state index contributed by atoms with van der Waals surface area (Å²) in [7, 11) is 0. The van der Waals surface area contributed by atoms with Crippen molar-refractivity contribution in [3.8, 4) is 28.3 Å². The molecule has 3 aromatic rings. The Labute approximate surface area is 222 Å². The lowest BCUT2D eigenvalue weighted by Gasteiger charge is -2.44. The van der Waals surface area contributed by atoms with Gasteiger partial charge in [0.2, 0.25) is 11.8 Å². The number of pyridine rings is 1. The molecule has 1 unspecified atom stereocenters. The highest BCUT2D eigenvalue weighted by Crippen LogP contribution is 2.48. The first-order chi connectivity index (χ1) is 17.5. The van der Waals surface area contributed by atoms with Gasteiger partial charge in [0.15, 0.2) is 0 Å². The van der Waals surface area contributed by atoms with Crippen molar-refractivity contribution < 1.29 is 9.53 Å². The van der Waals surface area contributed by atoms with Gasteiger partial charge in [-0.15, -0.1) is 0 Å². The number of aromatic nitrogens is 1. The van der Waals surface area contributed by atoms with Crippen LogP contribution in [0, 0.1) is 5.92 Å². The van der Waals surface area contributed by atoms with E-state index in [9.17, 15) is 4.79 Å². The van der Waals surface area contributed by atoms with Crippen LogP contribution in [0.4, 0.5) is 0 Å². The van der Waals surface area contributed by atoms with Gasteiger partial charge in [-0.3, -0.25) is 4.79 Å². The standard InChI is InChI=1S/C30H30Cl2N2O2/c31-21-12-10-20(11-13-21)23-17-24-26(33-27(35)16-19-8-9-19)18-30(14-4-1-5-15-30)36-29(24)34-28(23)22-6-2-3-7-25(22)32/h2-3,6-7,10-13,17,19,26H,1,4-5,8-9,14-16,18H2,(H,33,35). The third kappa shape index (κ3) is 4.86. The van der Waals surface area contributed by atoms with Crippen LogP contribution in [0.3, 0.4) is 0 Å². The first-order valence-electron chi connectivity index (χ1n) is 13.0. The number of nitrogens with one attached hydrogen (secondary N) is 1. The summed E-state index contributed by atoms with van der Waals surface area (Å²) in [5.74, 6) is 1.29. The number of benzene rings is 2. The number of hydrogen-bond donors (Lipinski definition) is 1. The van der Waals surface area contributed by atoms with Crippen LogP contribution in [0.5, 0.6) is 5.88 Å². The fourth-order valence-corrected chi connectivity index (χ4v) is 6.10. The maximum atomic E-state index is 13.0. The van der Waals surface area contributed by atoms with Crippen molar-refractivity contribution in [3.05, 3.63) is 70.2 Å². The molecule has 1 atom stereocenters. The third-order valence-corrected chi connectivity index (χ3v) is 8.42. The molecule has 1 aliphatic heterocycles. The predicted octanol–water partition coefficient (Wildman–Crippen LogP) is 8.17. The van der Waals surface area contributed by atoms with Crippen molar-refractivity contribution >= 4 is 29.1 Å². The van der Waals surface area contributed by atoms with Crippen molar-refractivity contribution in [3.63, 3.8) is 0 Å². The number of ether oxygens (including phenoxy) is 1. The summed E-state index contributed by atoms with van der Waals surface area (Å²) < 4.78 is 6.75. The molecule has 6 rings (SSSR count). The van der Waals surface area contributed by atoms with Gasteiger partial charge >= 0.3 is 0 Å². The van der Waals surface area contributed by atoms with E-state index in [0.717, 1.165) is 72.9 Å². The number of amides is 1. The molecule has 0 radical (unpaired) electrons. The molecule has 0 bridgehead atoms. The zero-order valence-electron chi connectivity index (χ0n) is 20.2. The van der Waals surface area contributed by atoms with Gasteiger partial charge in [-0.05, 0) is 74.3 Å². The quantitative estimate of drug-likeness (QED) is 0.369. The minimum Gasteiger partial charge on any atom is -0.471 e. The molecule has 2 heterocycles. The summed E-state index contributed by atoms with van der Waals surface area (Å²) in [6, 6.07) is 17.5. The van der Waals surface area contributed by atoms with Crippen molar-refractivity contribution in [2.45, 2.75) is 69.4 Å². The predicted molar refractivity (Wildman–Crippen MR) is 144 cm³/mol. The monoisotopic (exact) mass is 520 g/mol. The first kappa shape index (κ1) is 23.8. The lowest BCUT2D eigenvalue weighted by Crippen LogP contribution is -2.47. The number of hydrogen-bond acceptors (Lipinski definition) is 3. The van der Waals surface area contributed by atoms with Crippen molar-refractivity contribution in [2.24, 2.45) is 5.92 Å². The van der Waals surface area contributed by atoms with E-state index in [1.54, 1.807) is 0 Å². The lowest BCUT2D eigenvalue weighted by molar-refractivity contribution is -0.123. The zero-order chi connectivity index (χ0) is 24.7. The minimum atomic E-state index is -0.282. The van der Waals surface area contributed by atoms with E-state index in [1.165, 1.54) is 6.42 Å². The largest absolute Gasteiger partial charge is 0.471 e. The van der Waals surface area contributed by atoms with Crippen LogP contribution < -0.4 is 10.1 Å². The van der Waals surface area contributed by atoms with Gasteiger partial charge in [0.25, 0.3) is 0 Å². The average Bonchev–Trinajstić information content (AvgIpc) is 3.68. The second kappa shape index (κ2) is 9.72. The van der Waals surface area contributed by atoms with Crippen LogP contribution in [0.2, 0.25) is 10.0 Å². The van der Waals surface area contributed by atoms with Gasteiger partial charge in [-0.1, -0.05) is 60.0 Å². The molecule has 2 aliphatic carbocycles. The number of carbonyl (C=O) groups is 1. The van der Waals surface area contributed by atoms with E-state index in [1.807, 2.05) is 48.5 Å². The Morgan fingerprint density at radius 2 is 1.75 bits per heavy atom. The van der Waals surface area contributed by atoms with Gasteiger partial charge in [-0.25, -0.2) is 4.98 Å². The molecule has 0 saturated heterocycles. The second-order valence-electron chi connectivity index (χ2n) is 10.6. The van der Waals surface area contributed by atoms with Crippen molar-refractivity contribution in [1.29, 1.82) is 0 Å². The average molecular weight is 521 g/mol. The van der Waals surface area contributed by atoms with E-state index in [-0.39, 0.29) is 17.6 Å². The number of fused-ring (bicyclic) bond motifs is 1. The zero-order valence-corrected chi connectivity index (χ0v) is 21.7. The number of carbonyl (C=O) groups excluding carboxylic acids is 1.